The summed E-state index contributed by atoms with van der Waals surface area (Å²) in [5.74, 6) is 2.20. The molecule has 1 fully saturated rings. The van der Waals surface area contributed by atoms with Gasteiger partial charge in [-0.3, -0.25) is 0 Å². The number of fused-ring (bicyclic) bond motifs is 1. The van der Waals surface area contributed by atoms with E-state index in [2.05, 4.69) is 9.55 Å². The molecule has 6 heteroatoms. The Hall–Kier alpha value is -1.07. The molecule has 0 amide bonds. The maximum absolute atomic E-state index is 11.9. The van der Waals surface area contributed by atoms with Crippen molar-refractivity contribution in [2.24, 2.45) is 5.92 Å². The second-order valence-corrected chi connectivity index (χ2v) is 8.11. The van der Waals surface area contributed by atoms with Gasteiger partial charge in [-0.2, -0.15) is 0 Å². The lowest BCUT2D eigenvalue weighted by molar-refractivity contribution is 0.588. The van der Waals surface area contributed by atoms with Crippen molar-refractivity contribution in [1.29, 1.82) is 0 Å². The van der Waals surface area contributed by atoms with Crippen LogP contribution in [0, 0.1) is 5.92 Å². The van der Waals surface area contributed by atoms with E-state index < -0.39 is 9.84 Å². The lowest BCUT2D eigenvalue weighted by Gasteiger charge is -2.08. The van der Waals surface area contributed by atoms with Crippen LogP contribution in [0.15, 0.2) is 23.1 Å². The molecule has 1 heterocycles. The van der Waals surface area contributed by atoms with Crippen molar-refractivity contribution in [2.45, 2.75) is 37.1 Å². The van der Waals surface area contributed by atoms with Crippen LogP contribution in [0.2, 0.25) is 0 Å². The fourth-order valence-electron chi connectivity index (χ4n) is 2.71. The SMILES string of the molecule is CS(=O)(=O)c1cccc2c1nc(CCCl)n2CCC1CC1. The number of halogens is 1. The van der Waals surface area contributed by atoms with Gasteiger partial charge in [-0.1, -0.05) is 18.9 Å². The van der Waals surface area contributed by atoms with Crippen molar-refractivity contribution in [3.63, 3.8) is 0 Å². The Morgan fingerprint density at radius 2 is 2.14 bits per heavy atom. The molecule has 1 saturated carbocycles. The summed E-state index contributed by atoms with van der Waals surface area (Å²) >= 11 is 5.87. The molecule has 1 aromatic heterocycles. The number of para-hydroxylation sites is 1. The summed E-state index contributed by atoms with van der Waals surface area (Å²) in [4.78, 5) is 4.87. The minimum atomic E-state index is -3.28. The summed E-state index contributed by atoms with van der Waals surface area (Å²) < 4.78 is 26.0. The molecule has 4 nitrogen and oxygen atoms in total. The molecule has 0 spiro atoms. The topological polar surface area (TPSA) is 52.0 Å². The fourth-order valence-corrected chi connectivity index (χ4v) is 3.71. The third-order valence-corrected chi connectivity index (χ3v) is 5.31. The lowest BCUT2D eigenvalue weighted by atomic mass is 10.2. The standard InChI is InChI=1S/C15H19ClN2O2S/c1-21(19,20)13-4-2-3-12-15(13)17-14(7-9-16)18(12)10-8-11-5-6-11/h2-4,11H,5-10H2,1H3. The number of hydrogen-bond acceptors (Lipinski definition) is 3. The largest absolute Gasteiger partial charge is 0.328 e. The minimum absolute atomic E-state index is 0.306. The van der Waals surface area contributed by atoms with Crippen LogP contribution in [0.5, 0.6) is 0 Å². The summed E-state index contributed by atoms with van der Waals surface area (Å²) in [5.41, 5.74) is 1.48. The number of aryl methyl sites for hydroxylation is 2. The average molecular weight is 327 g/mol. The molecule has 0 N–H and O–H groups in total. The molecule has 2 aromatic rings. The van der Waals surface area contributed by atoms with Crippen LogP contribution >= 0.6 is 11.6 Å². The Labute approximate surface area is 130 Å². The number of aromatic nitrogens is 2. The van der Waals surface area contributed by atoms with Crippen molar-refractivity contribution in [1.82, 2.24) is 9.55 Å². The summed E-state index contributed by atoms with van der Waals surface area (Å²) in [6.07, 6.45) is 5.64. The molecule has 1 aliphatic rings. The Morgan fingerprint density at radius 1 is 1.38 bits per heavy atom. The van der Waals surface area contributed by atoms with Gasteiger partial charge < -0.3 is 4.57 Å². The van der Waals surface area contributed by atoms with Crippen LogP contribution in [0.1, 0.15) is 25.1 Å². The van der Waals surface area contributed by atoms with E-state index in [-0.39, 0.29) is 0 Å². The summed E-state index contributed by atoms with van der Waals surface area (Å²) in [6, 6.07) is 5.36. The van der Waals surface area contributed by atoms with Gasteiger partial charge in [0.15, 0.2) is 9.84 Å². The normalized spacial score (nSPS) is 15.7. The molecule has 1 aromatic carbocycles. The second kappa shape index (κ2) is 5.61. The Kier molecular flexibility index (Phi) is 3.97. The summed E-state index contributed by atoms with van der Waals surface area (Å²) in [6.45, 7) is 0.889. The van der Waals surface area contributed by atoms with Crippen molar-refractivity contribution >= 4 is 32.5 Å². The van der Waals surface area contributed by atoms with Crippen LogP contribution in [0.4, 0.5) is 0 Å². The van der Waals surface area contributed by atoms with Gasteiger partial charge in [-0.15, -0.1) is 11.6 Å². The highest BCUT2D eigenvalue weighted by Gasteiger charge is 2.23. The average Bonchev–Trinajstić information content (AvgIpc) is 3.17. The number of benzene rings is 1. The number of sulfone groups is 1. The number of alkyl halides is 1. The van der Waals surface area contributed by atoms with E-state index in [1.807, 2.05) is 6.07 Å². The lowest BCUT2D eigenvalue weighted by Crippen LogP contribution is -2.05. The van der Waals surface area contributed by atoms with Gasteiger partial charge in [0.2, 0.25) is 0 Å². The molecule has 21 heavy (non-hydrogen) atoms. The first kappa shape index (κ1) is 14.9. The molecule has 1 aliphatic carbocycles. The third-order valence-electron chi connectivity index (χ3n) is 4.00. The first-order valence-corrected chi connectivity index (χ1v) is 9.67. The van der Waals surface area contributed by atoms with E-state index >= 15 is 0 Å². The maximum Gasteiger partial charge on any atom is 0.177 e. The smallest absolute Gasteiger partial charge is 0.177 e. The molecule has 0 atom stereocenters. The highest BCUT2D eigenvalue weighted by atomic mass is 35.5. The van der Waals surface area contributed by atoms with E-state index in [0.29, 0.717) is 22.7 Å². The zero-order chi connectivity index (χ0) is 15.0. The second-order valence-electron chi connectivity index (χ2n) is 5.75. The summed E-state index contributed by atoms with van der Waals surface area (Å²) in [5, 5.41) is 0. The molecule has 0 unspecified atom stereocenters. The molecular formula is C15H19ClN2O2S. The van der Waals surface area contributed by atoms with E-state index in [0.717, 1.165) is 30.2 Å². The zero-order valence-electron chi connectivity index (χ0n) is 12.0. The first-order chi connectivity index (χ1) is 10.0. The van der Waals surface area contributed by atoms with Gasteiger partial charge >= 0.3 is 0 Å². The first-order valence-electron chi connectivity index (χ1n) is 7.25. The van der Waals surface area contributed by atoms with Crippen LogP contribution < -0.4 is 0 Å². The summed E-state index contributed by atoms with van der Waals surface area (Å²) in [7, 11) is -3.28. The maximum atomic E-state index is 11.9. The van der Waals surface area contributed by atoms with E-state index in [1.54, 1.807) is 12.1 Å². The number of hydrogen-bond donors (Lipinski definition) is 0. The minimum Gasteiger partial charge on any atom is -0.328 e. The quantitative estimate of drug-likeness (QED) is 0.767. The number of imidazole rings is 1. The zero-order valence-corrected chi connectivity index (χ0v) is 13.6. The van der Waals surface area contributed by atoms with Gasteiger partial charge in [0.1, 0.15) is 11.3 Å². The number of nitrogens with zero attached hydrogens (tertiary/aromatic N) is 2. The van der Waals surface area contributed by atoms with Crippen molar-refractivity contribution in [3.8, 4) is 0 Å². The third kappa shape index (κ3) is 3.09. The molecule has 3 rings (SSSR count). The van der Waals surface area contributed by atoms with Crippen molar-refractivity contribution in [2.75, 3.05) is 12.1 Å². The van der Waals surface area contributed by atoms with Crippen LogP contribution in [-0.4, -0.2) is 30.1 Å². The van der Waals surface area contributed by atoms with Crippen LogP contribution in [-0.2, 0) is 22.8 Å². The highest BCUT2D eigenvalue weighted by molar-refractivity contribution is 7.91. The van der Waals surface area contributed by atoms with E-state index in [4.69, 9.17) is 11.6 Å². The Morgan fingerprint density at radius 3 is 2.76 bits per heavy atom. The molecule has 0 bridgehead atoms. The Bertz CT molecular complexity index is 763. The predicted octanol–water partition coefficient (Wildman–Crippen LogP) is 3.02. The van der Waals surface area contributed by atoms with Gasteiger partial charge in [0.05, 0.1) is 10.4 Å². The van der Waals surface area contributed by atoms with E-state index in [9.17, 15) is 8.42 Å². The van der Waals surface area contributed by atoms with Gasteiger partial charge in [0.25, 0.3) is 0 Å². The van der Waals surface area contributed by atoms with Gasteiger partial charge in [-0.25, -0.2) is 13.4 Å². The highest BCUT2D eigenvalue weighted by Crippen LogP contribution is 2.34. The fraction of sp³-hybridized carbons (Fsp3) is 0.533. The monoisotopic (exact) mass is 326 g/mol. The van der Waals surface area contributed by atoms with Crippen molar-refractivity contribution in [3.05, 3.63) is 24.0 Å². The molecule has 0 radical (unpaired) electrons. The number of rotatable bonds is 6. The van der Waals surface area contributed by atoms with E-state index in [1.165, 1.54) is 19.1 Å². The predicted molar refractivity (Wildman–Crippen MR) is 84.6 cm³/mol. The van der Waals surface area contributed by atoms with Crippen LogP contribution in [0.25, 0.3) is 11.0 Å². The molecular weight excluding hydrogens is 308 g/mol. The molecule has 0 aliphatic heterocycles. The van der Waals surface area contributed by atoms with Gasteiger partial charge in [0, 0.05) is 25.1 Å². The Balaban J connectivity index is 2.11. The molecule has 0 saturated heterocycles. The van der Waals surface area contributed by atoms with Crippen molar-refractivity contribution < 1.29 is 8.42 Å². The molecule has 114 valence electrons. The van der Waals surface area contributed by atoms with Gasteiger partial charge in [-0.05, 0) is 24.5 Å². The van der Waals surface area contributed by atoms with Crippen LogP contribution in [0.3, 0.4) is 0 Å².